The molecule has 0 saturated heterocycles. The summed E-state index contributed by atoms with van der Waals surface area (Å²) < 4.78 is 0. The largest absolute Gasteiger partial charge is 0.289 e. The lowest BCUT2D eigenvalue weighted by atomic mass is 9.72. The number of rotatable bonds is 3. The van der Waals surface area contributed by atoms with Gasteiger partial charge in [0, 0.05) is 11.1 Å². The molecule has 0 fully saturated rings. The van der Waals surface area contributed by atoms with E-state index >= 15 is 0 Å². The molecule has 0 saturated carbocycles. The van der Waals surface area contributed by atoms with Gasteiger partial charge in [0.15, 0.2) is 5.78 Å². The van der Waals surface area contributed by atoms with Gasteiger partial charge in [0.05, 0.1) is 11.9 Å². The third-order valence-corrected chi connectivity index (χ3v) is 5.08. The second-order valence-electron chi connectivity index (χ2n) is 9.70. The van der Waals surface area contributed by atoms with Gasteiger partial charge in [-0.25, -0.2) is 0 Å². The number of azo groups is 1. The molecule has 0 unspecified atom stereocenters. The van der Waals surface area contributed by atoms with Crippen LogP contribution >= 0.6 is 0 Å². The van der Waals surface area contributed by atoms with Crippen LogP contribution in [0.1, 0.15) is 41.5 Å². The lowest BCUT2D eigenvalue weighted by Gasteiger charge is -2.31. The molecule has 0 aromatic heterocycles. The lowest BCUT2D eigenvalue weighted by Crippen LogP contribution is -2.27. The molecule has 0 bridgehead atoms. The Labute approximate surface area is 179 Å². The van der Waals surface area contributed by atoms with Crippen LogP contribution in [0.2, 0.25) is 0 Å². The van der Waals surface area contributed by atoms with Gasteiger partial charge in [-0.1, -0.05) is 84.0 Å². The van der Waals surface area contributed by atoms with Gasteiger partial charge in [-0.2, -0.15) is 10.2 Å². The van der Waals surface area contributed by atoms with Crippen LogP contribution in [0.3, 0.4) is 0 Å². The summed E-state index contributed by atoms with van der Waals surface area (Å²) in [6, 6.07) is 18.3. The molecule has 3 heteroatoms. The molecule has 1 aliphatic rings. The van der Waals surface area contributed by atoms with Crippen molar-refractivity contribution in [2.24, 2.45) is 21.1 Å². The molecule has 0 atom stereocenters. The van der Waals surface area contributed by atoms with Gasteiger partial charge in [0.2, 0.25) is 0 Å². The number of ketones is 1. The van der Waals surface area contributed by atoms with Crippen LogP contribution in [0.5, 0.6) is 0 Å². The number of Topliss-reactive ketones (excluding diaryl/α,β-unsaturated/α-hetero) is 1. The third-order valence-electron chi connectivity index (χ3n) is 5.08. The Morgan fingerprint density at radius 1 is 0.700 bits per heavy atom. The summed E-state index contributed by atoms with van der Waals surface area (Å²) in [6.45, 7) is 12.4. The molecule has 0 N–H and O–H groups in total. The number of benzene rings is 2. The average molecular weight is 399 g/mol. The van der Waals surface area contributed by atoms with E-state index in [9.17, 15) is 4.79 Å². The number of allylic oxidation sites excluding steroid dienone is 5. The van der Waals surface area contributed by atoms with E-state index in [1.54, 1.807) is 6.20 Å². The monoisotopic (exact) mass is 398 g/mol. The molecule has 0 spiro atoms. The Morgan fingerprint density at radius 3 is 1.70 bits per heavy atom. The summed E-state index contributed by atoms with van der Waals surface area (Å²) in [5.41, 5.74) is 5.17. The van der Waals surface area contributed by atoms with Crippen molar-refractivity contribution in [3.05, 3.63) is 89.7 Å². The zero-order valence-electron chi connectivity index (χ0n) is 18.7. The van der Waals surface area contributed by atoms with Gasteiger partial charge in [0.1, 0.15) is 0 Å². The Bertz CT molecular complexity index is 1000. The van der Waals surface area contributed by atoms with E-state index < -0.39 is 0 Å². The maximum atomic E-state index is 13.0. The van der Waals surface area contributed by atoms with Crippen LogP contribution < -0.4 is 0 Å². The fraction of sp³-hybridized carbons (Fsp3) is 0.296. The Hall–Kier alpha value is -3.07. The number of carbonyl (C=O) groups excluding carboxylic acids is 1. The molecule has 0 aliphatic heterocycles. The molecule has 1 aliphatic carbocycles. The van der Waals surface area contributed by atoms with Crippen LogP contribution in [-0.2, 0) is 4.79 Å². The van der Waals surface area contributed by atoms with Crippen LogP contribution in [0.25, 0.3) is 11.1 Å². The minimum Gasteiger partial charge on any atom is -0.289 e. The predicted octanol–water partition coefficient (Wildman–Crippen LogP) is 7.85. The standard InChI is InChI=1S/C27H30N2O/c1-26(2,3)23-16-19(17-24(25(23)30)27(4,5)6)18-28-29-22-14-12-21(13-15-22)20-10-8-7-9-11-20/h7-18H,1-6H3. The molecule has 3 rings (SSSR count). The van der Waals surface area contributed by atoms with Crippen molar-refractivity contribution in [2.75, 3.05) is 0 Å². The highest BCUT2D eigenvalue weighted by Gasteiger charge is 2.33. The first-order valence-electron chi connectivity index (χ1n) is 10.3. The molecule has 2 aromatic carbocycles. The SMILES string of the molecule is CC(C)(C)C1=CC(=CN=Nc2ccc(-c3ccccc3)cc2)C=C(C(C)(C)C)C1=O. The maximum absolute atomic E-state index is 13.0. The summed E-state index contributed by atoms with van der Waals surface area (Å²) in [7, 11) is 0. The highest BCUT2D eigenvalue weighted by molar-refractivity contribution is 6.11. The Balaban J connectivity index is 1.86. The smallest absolute Gasteiger partial charge is 0.186 e. The Kier molecular flexibility index (Phi) is 6.02. The third kappa shape index (κ3) is 5.10. The van der Waals surface area contributed by atoms with Crippen molar-refractivity contribution in [2.45, 2.75) is 41.5 Å². The predicted molar refractivity (Wildman–Crippen MR) is 125 cm³/mol. The van der Waals surface area contributed by atoms with Gasteiger partial charge >= 0.3 is 0 Å². The topological polar surface area (TPSA) is 41.8 Å². The number of nitrogens with zero attached hydrogens (tertiary/aromatic N) is 2. The molecule has 2 aromatic rings. The van der Waals surface area contributed by atoms with Crippen molar-refractivity contribution < 1.29 is 4.79 Å². The van der Waals surface area contributed by atoms with Gasteiger partial charge in [0.25, 0.3) is 0 Å². The van der Waals surface area contributed by atoms with Crippen molar-refractivity contribution in [3.8, 4) is 11.1 Å². The molecule has 0 amide bonds. The summed E-state index contributed by atoms with van der Waals surface area (Å²) in [4.78, 5) is 13.0. The van der Waals surface area contributed by atoms with Crippen molar-refractivity contribution in [1.82, 2.24) is 0 Å². The summed E-state index contributed by atoms with van der Waals surface area (Å²) in [6.07, 6.45) is 5.61. The van der Waals surface area contributed by atoms with Gasteiger partial charge < -0.3 is 0 Å². The van der Waals surface area contributed by atoms with Crippen LogP contribution in [-0.4, -0.2) is 5.78 Å². The molecule has 0 heterocycles. The molecule has 30 heavy (non-hydrogen) atoms. The van der Waals surface area contributed by atoms with Crippen LogP contribution in [0.15, 0.2) is 99.9 Å². The van der Waals surface area contributed by atoms with Gasteiger partial charge in [-0.3, -0.25) is 4.79 Å². The van der Waals surface area contributed by atoms with E-state index in [2.05, 4.69) is 63.9 Å². The highest BCUT2D eigenvalue weighted by atomic mass is 16.1. The fourth-order valence-corrected chi connectivity index (χ4v) is 3.35. The van der Waals surface area contributed by atoms with Gasteiger partial charge in [-0.05, 0) is 51.8 Å². The van der Waals surface area contributed by atoms with E-state index in [0.717, 1.165) is 28.0 Å². The highest BCUT2D eigenvalue weighted by Crippen LogP contribution is 2.38. The van der Waals surface area contributed by atoms with E-state index in [4.69, 9.17) is 0 Å². The normalized spacial score (nSPS) is 15.3. The average Bonchev–Trinajstić information content (AvgIpc) is 2.68. The summed E-state index contributed by atoms with van der Waals surface area (Å²) in [5, 5.41) is 8.62. The van der Waals surface area contributed by atoms with E-state index in [1.165, 1.54) is 5.56 Å². The van der Waals surface area contributed by atoms with Crippen molar-refractivity contribution in [1.29, 1.82) is 0 Å². The molecular weight excluding hydrogens is 368 g/mol. The van der Waals surface area contributed by atoms with Crippen molar-refractivity contribution >= 4 is 11.5 Å². The zero-order valence-corrected chi connectivity index (χ0v) is 18.7. The number of carbonyl (C=O) groups is 1. The summed E-state index contributed by atoms with van der Waals surface area (Å²) >= 11 is 0. The maximum Gasteiger partial charge on any atom is 0.186 e. The molecule has 154 valence electrons. The number of hydrogen-bond acceptors (Lipinski definition) is 3. The first kappa shape index (κ1) is 21.6. The molecule has 0 radical (unpaired) electrons. The first-order chi connectivity index (χ1) is 14.1. The van der Waals surface area contributed by atoms with E-state index in [0.29, 0.717) is 0 Å². The lowest BCUT2D eigenvalue weighted by molar-refractivity contribution is -0.114. The minimum atomic E-state index is -0.231. The zero-order chi connectivity index (χ0) is 21.9. The minimum absolute atomic E-state index is 0.126. The first-order valence-corrected chi connectivity index (χ1v) is 10.3. The molecular formula is C27H30N2O. The van der Waals surface area contributed by atoms with E-state index in [-0.39, 0.29) is 16.6 Å². The fourth-order valence-electron chi connectivity index (χ4n) is 3.35. The van der Waals surface area contributed by atoms with Crippen LogP contribution in [0, 0.1) is 10.8 Å². The summed E-state index contributed by atoms with van der Waals surface area (Å²) in [5.74, 6) is 0.126. The van der Waals surface area contributed by atoms with E-state index in [1.807, 2.05) is 54.6 Å². The van der Waals surface area contributed by atoms with Crippen LogP contribution in [0.4, 0.5) is 5.69 Å². The Morgan fingerprint density at radius 2 is 1.20 bits per heavy atom. The number of hydrogen-bond donors (Lipinski definition) is 0. The second-order valence-corrected chi connectivity index (χ2v) is 9.70. The second kappa shape index (κ2) is 8.35. The van der Waals surface area contributed by atoms with Crippen molar-refractivity contribution in [3.63, 3.8) is 0 Å². The quantitative estimate of drug-likeness (QED) is 0.485. The van der Waals surface area contributed by atoms with Gasteiger partial charge in [-0.15, -0.1) is 0 Å². The molecule has 3 nitrogen and oxygen atoms in total.